The molecule has 1 fully saturated rings. The number of carbonyl (C=O) groups excluding carboxylic acids is 1. The van der Waals surface area contributed by atoms with E-state index in [1.54, 1.807) is 24.3 Å². The standard InChI is InChI=1S/C24H32ClN5O/c1-30(2)22-20-5-3-4-6-21(20)28-24(29-22)27-19-13-7-16(8-14-19)15-26-23(31)17-9-11-18(25)12-10-17/h9-12,16,19H,3-8,13-15H2,1-2H3,(H,26,31)(H,27,28,29). The molecule has 1 aromatic carbocycles. The van der Waals surface area contributed by atoms with Gasteiger partial charge in [-0.1, -0.05) is 11.6 Å². The highest BCUT2D eigenvalue weighted by atomic mass is 35.5. The van der Waals surface area contributed by atoms with Crippen LogP contribution in [0.2, 0.25) is 5.02 Å². The third-order valence-electron chi connectivity index (χ3n) is 6.42. The molecule has 31 heavy (non-hydrogen) atoms. The van der Waals surface area contributed by atoms with Crippen molar-refractivity contribution < 1.29 is 4.79 Å². The van der Waals surface area contributed by atoms with Crippen LogP contribution in [0.25, 0.3) is 0 Å². The molecule has 0 unspecified atom stereocenters. The molecule has 7 heteroatoms. The maximum absolute atomic E-state index is 12.3. The zero-order valence-electron chi connectivity index (χ0n) is 18.5. The van der Waals surface area contributed by atoms with Crippen LogP contribution in [0.4, 0.5) is 11.8 Å². The number of nitrogens with zero attached hydrogens (tertiary/aromatic N) is 3. The lowest BCUT2D eigenvalue weighted by Gasteiger charge is -2.30. The lowest BCUT2D eigenvalue weighted by molar-refractivity contribution is 0.0943. The van der Waals surface area contributed by atoms with Gasteiger partial charge in [-0.2, -0.15) is 4.98 Å². The maximum Gasteiger partial charge on any atom is 0.251 e. The minimum atomic E-state index is -0.0319. The zero-order chi connectivity index (χ0) is 21.8. The monoisotopic (exact) mass is 441 g/mol. The fourth-order valence-corrected chi connectivity index (χ4v) is 4.77. The average Bonchev–Trinajstić information content (AvgIpc) is 2.78. The Bertz CT molecular complexity index is 907. The second-order valence-corrected chi connectivity index (χ2v) is 9.41. The molecule has 1 heterocycles. The normalized spacial score (nSPS) is 20.6. The van der Waals surface area contributed by atoms with Crippen molar-refractivity contribution in [1.82, 2.24) is 15.3 Å². The van der Waals surface area contributed by atoms with Crippen molar-refractivity contribution in [2.75, 3.05) is 30.9 Å². The van der Waals surface area contributed by atoms with Gasteiger partial charge in [0.1, 0.15) is 5.82 Å². The summed E-state index contributed by atoms with van der Waals surface area (Å²) in [6.45, 7) is 0.717. The number of rotatable bonds is 6. The molecule has 2 aromatic rings. The summed E-state index contributed by atoms with van der Waals surface area (Å²) < 4.78 is 0. The molecular formula is C24H32ClN5O. The number of aryl methyl sites for hydroxylation is 1. The predicted octanol–water partition coefficient (Wildman–Crippen LogP) is 4.48. The number of carbonyl (C=O) groups is 1. The van der Waals surface area contributed by atoms with Crippen molar-refractivity contribution >= 4 is 29.3 Å². The number of fused-ring (bicyclic) bond motifs is 1. The van der Waals surface area contributed by atoms with Crippen LogP contribution in [0.5, 0.6) is 0 Å². The Morgan fingerprint density at radius 2 is 1.77 bits per heavy atom. The number of benzene rings is 1. The third kappa shape index (κ3) is 5.48. The number of halogens is 1. The molecule has 0 bridgehead atoms. The largest absolute Gasteiger partial charge is 0.362 e. The van der Waals surface area contributed by atoms with Crippen LogP contribution in [-0.4, -0.2) is 42.6 Å². The summed E-state index contributed by atoms with van der Waals surface area (Å²) >= 11 is 5.90. The highest BCUT2D eigenvalue weighted by molar-refractivity contribution is 6.30. The van der Waals surface area contributed by atoms with E-state index in [9.17, 15) is 4.79 Å². The van der Waals surface area contributed by atoms with E-state index in [-0.39, 0.29) is 5.91 Å². The highest BCUT2D eigenvalue weighted by Crippen LogP contribution is 2.30. The second kappa shape index (κ2) is 9.86. The van der Waals surface area contributed by atoms with E-state index in [0.29, 0.717) is 29.1 Å². The first kappa shape index (κ1) is 21.9. The van der Waals surface area contributed by atoms with Gasteiger partial charge < -0.3 is 15.5 Å². The molecule has 0 spiro atoms. The molecular weight excluding hydrogens is 410 g/mol. The first-order valence-electron chi connectivity index (χ1n) is 11.4. The van der Waals surface area contributed by atoms with E-state index in [0.717, 1.165) is 50.3 Å². The predicted molar refractivity (Wildman–Crippen MR) is 126 cm³/mol. The van der Waals surface area contributed by atoms with E-state index in [1.165, 1.54) is 24.1 Å². The van der Waals surface area contributed by atoms with Crippen LogP contribution in [0.15, 0.2) is 24.3 Å². The van der Waals surface area contributed by atoms with E-state index in [2.05, 4.69) is 29.6 Å². The molecule has 2 aliphatic rings. The van der Waals surface area contributed by atoms with Gasteiger partial charge in [-0.3, -0.25) is 4.79 Å². The summed E-state index contributed by atoms with van der Waals surface area (Å²) in [6, 6.07) is 7.41. The molecule has 1 aromatic heterocycles. The number of anilines is 2. The van der Waals surface area contributed by atoms with Gasteiger partial charge in [0, 0.05) is 42.8 Å². The lowest BCUT2D eigenvalue weighted by atomic mass is 9.86. The molecule has 0 atom stereocenters. The fraction of sp³-hybridized carbons (Fsp3) is 0.542. The Kier molecular flexibility index (Phi) is 6.96. The fourth-order valence-electron chi connectivity index (χ4n) is 4.64. The van der Waals surface area contributed by atoms with Crippen molar-refractivity contribution in [1.29, 1.82) is 0 Å². The molecule has 2 N–H and O–H groups in total. The van der Waals surface area contributed by atoms with Gasteiger partial charge in [0.05, 0.1) is 5.69 Å². The first-order valence-corrected chi connectivity index (χ1v) is 11.7. The van der Waals surface area contributed by atoms with E-state index < -0.39 is 0 Å². The van der Waals surface area contributed by atoms with Gasteiger partial charge in [0.25, 0.3) is 5.91 Å². The van der Waals surface area contributed by atoms with Crippen molar-refractivity contribution in [3.63, 3.8) is 0 Å². The Hall–Kier alpha value is -2.34. The zero-order valence-corrected chi connectivity index (χ0v) is 19.2. The number of hydrogen-bond donors (Lipinski definition) is 2. The van der Waals surface area contributed by atoms with Crippen LogP contribution in [0, 0.1) is 5.92 Å². The summed E-state index contributed by atoms with van der Waals surface area (Å²) in [5, 5.41) is 7.31. The van der Waals surface area contributed by atoms with Gasteiger partial charge >= 0.3 is 0 Å². The van der Waals surface area contributed by atoms with Crippen molar-refractivity contribution in [2.24, 2.45) is 5.92 Å². The average molecular weight is 442 g/mol. The van der Waals surface area contributed by atoms with Gasteiger partial charge in [0.2, 0.25) is 5.95 Å². The first-order chi connectivity index (χ1) is 15.0. The van der Waals surface area contributed by atoms with Crippen molar-refractivity contribution in [2.45, 2.75) is 57.4 Å². The third-order valence-corrected chi connectivity index (χ3v) is 6.67. The molecule has 166 valence electrons. The van der Waals surface area contributed by atoms with Crippen LogP contribution >= 0.6 is 11.6 Å². The van der Waals surface area contributed by atoms with Crippen LogP contribution in [0.3, 0.4) is 0 Å². The minimum absolute atomic E-state index is 0.0319. The number of nitrogens with one attached hydrogen (secondary N) is 2. The second-order valence-electron chi connectivity index (χ2n) is 8.98. The number of aromatic nitrogens is 2. The van der Waals surface area contributed by atoms with E-state index in [1.807, 2.05) is 0 Å². The Morgan fingerprint density at radius 1 is 1.06 bits per heavy atom. The molecule has 1 amide bonds. The summed E-state index contributed by atoms with van der Waals surface area (Å²) in [4.78, 5) is 24.1. The van der Waals surface area contributed by atoms with Crippen LogP contribution in [0.1, 0.15) is 60.1 Å². The molecule has 2 aliphatic carbocycles. The number of hydrogen-bond acceptors (Lipinski definition) is 5. The number of amides is 1. The summed E-state index contributed by atoms with van der Waals surface area (Å²) in [6.07, 6.45) is 8.88. The van der Waals surface area contributed by atoms with Gasteiger partial charge in [-0.15, -0.1) is 0 Å². The van der Waals surface area contributed by atoms with Crippen LogP contribution < -0.4 is 15.5 Å². The van der Waals surface area contributed by atoms with E-state index >= 15 is 0 Å². The van der Waals surface area contributed by atoms with Crippen molar-refractivity contribution in [3.8, 4) is 0 Å². The van der Waals surface area contributed by atoms with Crippen molar-refractivity contribution in [3.05, 3.63) is 46.1 Å². The van der Waals surface area contributed by atoms with Gasteiger partial charge in [0.15, 0.2) is 0 Å². The van der Waals surface area contributed by atoms with Gasteiger partial charge in [-0.25, -0.2) is 4.98 Å². The lowest BCUT2D eigenvalue weighted by Crippen LogP contribution is -2.34. The molecule has 0 radical (unpaired) electrons. The molecule has 1 saturated carbocycles. The summed E-state index contributed by atoms with van der Waals surface area (Å²) in [5.41, 5.74) is 3.19. The Morgan fingerprint density at radius 3 is 2.48 bits per heavy atom. The molecule has 6 nitrogen and oxygen atoms in total. The smallest absolute Gasteiger partial charge is 0.251 e. The highest BCUT2D eigenvalue weighted by Gasteiger charge is 2.24. The maximum atomic E-state index is 12.3. The minimum Gasteiger partial charge on any atom is -0.362 e. The topological polar surface area (TPSA) is 70.2 Å². The molecule has 0 saturated heterocycles. The molecule has 4 rings (SSSR count). The quantitative estimate of drug-likeness (QED) is 0.691. The van der Waals surface area contributed by atoms with Crippen LogP contribution in [-0.2, 0) is 12.8 Å². The summed E-state index contributed by atoms with van der Waals surface area (Å²) in [5.74, 6) is 2.31. The molecule has 0 aliphatic heterocycles. The summed E-state index contributed by atoms with van der Waals surface area (Å²) in [7, 11) is 4.12. The Balaban J connectivity index is 1.29. The SMILES string of the molecule is CN(C)c1nc(NC2CCC(CNC(=O)c3ccc(Cl)cc3)CC2)nc2c1CCCC2. The Labute approximate surface area is 189 Å². The van der Waals surface area contributed by atoms with Gasteiger partial charge in [-0.05, 0) is 81.5 Å². The van der Waals surface area contributed by atoms with E-state index in [4.69, 9.17) is 21.6 Å².